The van der Waals surface area contributed by atoms with Crippen LogP contribution in [0.5, 0.6) is 0 Å². The molecule has 8 heteroatoms. The van der Waals surface area contributed by atoms with Gasteiger partial charge in [-0.05, 0) is 39.3 Å². The van der Waals surface area contributed by atoms with Crippen LogP contribution in [-0.2, 0) is 16.0 Å². The smallest absolute Gasteiger partial charge is 0.315 e. The molecule has 2 amide bonds. The third-order valence-corrected chi connectivity index (χ3v) is 5.21. The summed E-state index contributed by atoms with van der Waals surface area (Å²) in [4.78, 5) is 21.2. The van der Waals surface area contributed by atoms with E-state index in [0.29, 0.717) is 13.1 Å². The Kier molecular flexibility index (Phi) is 7.69. The van der Waals surface area contributed by atoms with Crippen molar-refractivity contribution < 1.29 is 14.3 Å². The van der Waals surface area contributed by atoms with Gasteiger partial charge < -0.3 is 25.0 Å². The molecule has 1 aromatic heterocycles. The summed E-state index contributed by atoms with van der Waals surface area (Å²) in [5, 5.41) is 5.83. The lowest BCUT2D eigenvalue weighted by molar-refractivity contribution is -0.0672. The first kappa shape index (κ1) is 21.8. The summed E-state index contributed by atoms with van der Waals surface area (Å²) in [5.74, 6) is 0.953. The number of hydrogen-bond donors (Lipinski definition) is 2. The van der Waals surface area contributed by atoms with Crippen molar-refractivity contribution in [1.82, 2.24) is 20.5 Å². The average Bonchev–Trinajstić information content (AvgIpc) is 2.65. The second kappa shape index (κ2) is 10.2. The summed E-state index contributed by atoms with van der Waals surface area (Å²) < 4.78 is 11.5. The minimum absolute atomic E-state index is 0.153. The maximum absolute atomic E-state index is 12.1. The van der Waals surface area contributed by atoms with Crippen molar-refractivity contribution in [2.75, 3.05) is 44.2 Å². The van der Waals surface area contributed by atoms with E-state index >= 15 is 0 Å². The molecule has 2 saturated heterocycles. The van der Waals surface area contributed by atoms with Crippen molar-refractivity contribution in [3.8, 4) is 0 Å². The van der Waals surface area contributed by atoms with E-state index in [4.69, 9.17) is 9.47 Å². The van der Waals surface area contributed by atoms with Crippen LogP contribution in [0.3, 0.4) is 0 Å². The molecule has 8 nitrogen and oxygen atoms in total. The van der Waals surface area contributed by atoms with Gasteiger partial charge in [0.2, 0.25) is 0 Å². The van der Waals surface area contributed by atoms with E-state index in [1.54, 1.807) is 0 Å². The number of rotatable bonds is 6. The number of ether oxygens (including phenoxy) is 2. The number of pyridine rings is 1. The molecule has 0 aromatic carbocycles. The largest absolute Gasteiger partial charge is 0.373 e. The maximum Gasteiger partial charge on any atom is 0.315 e. The zero-order valence-corrected chi connectivity index (χ0v) is 18.1. The lowest BCUT2D eigenvalue weighted by atomic mass is 10.2. The van der Waals surface area contributed by atoms with E-state index in [0.717, 1.165) is 44.1 Å². The third kappa shape index (κ3) is 6.83. The molecule has 4 atom stereocenters. The number of hydrogen-bond acceptors (Lipinski definition) is 6. The quantitative estimate of drug-likeness (QED) is 0.749. The summed E-state index contributed by atoms with van der Waals surface area (Å²) in [5.41, 5.74) is 0.981. The van der Waals surface area contributed by atoms with Crippen molar-refractivity contribution in [2.45, 2.75) is 58.7 Å². The SMILES string of the molecule is CC1CN(CCNC(=O)NCc2ccc(N3CC(C)OC(C)C3)nc2)CC(C)O1. The van der Waals surface area contributed by atoms with Gasteiger partial charge in [0.15, 0.2) is 0 Å². The number of anilines is 1. The molecule has 0 aliphatic carbocycles. The van der Waals surface area contributed by atoms with Gasteiger partial charge in [-0.1, -0.05) is 6.07 Å². The van der Waals surface area contributed by atoms with Crippen LogP contribution in [0, 0.1) is 0 Å². The highest BCUT2D eigenvalue weighted by atomic mass is 16.5. The van der Waals surface area contributed by atoms with Crippen molar-refractivity contribution in [2.24, 2.45) is 0 Å². The van der Waals surface area contributed by atoms with Gasteiger partial charge in [0, 0.05) is 52.0 Å². The highest BCUT2D eigenvalue weighted by molar-refractivity contribution is 5.73. The Morgan fingerprint density at radius 3 is 2.21 bits per heavy atom. The molecule has 2 fully saturated rings. The molecule has 29 heavy (non-hydrogen) atoms. The Morgan fingerprint density at radius 2 is 1.62 bits per heavy atom. The van der Waals surface area contributed by atoms with Crippen LogP contribution >= 0.6 is 0 Å². The molecule has 1 aromatic rings. The number of nitrogens with zero attached hydrogens (tertiary/aromatic N) is 3. The fraction of sp³-hybridized carbons (Fsp3) is 0.714. The Hall–Kier alpha value is -1.90. The number of morpholine rings is 2. The van der Waals surface area contributed by atoms with Crippen LogP contribution in [0.4, 0.5) is 10.6 Å². The number of nitrogens with one attached hydrogen (secondary N) is 2. The zero-order valence-electron chi connectivity index (χ0n) is 18.1. The Morgan fingerprint density at radius 1 is 1.00 bits per heavy atom. The molecule has 3 heterocycles. The Bertz CT molecular complexity index is 636. The molecule has 0 saturated carbocycles. The maximum atomic E-state index is 12.1. The lowest BCUT2D eigenvalue weighted by Crippen LogP contribution is -2.48. The number of carbonyl (C=O) groups excluding carboxylic acids is 1. The number of amides is 2. The van der Waals surface area contributed by atoms with Gasteiger partial charge in [-0.3, -0.25) is 4.90 Å². The summed E-state index contributed by atoms with van der Waals surface area (Å²) in [7, 11) is 0. The van der Waals surface area contributed by atoms with Crippen LogP contribution in [0.15, 0.2) is 18.3 Å². The molecule has 0 spiro atoms. The highest BCUT2D eigenvalue weighted by Gasteiger charge is 2.23. The molecule has 3 rings (SSSR count). The second-order valence-electron chi connectivity index (χ2n) is 8.31. The summed E-state index contributed by atoms with van der Waals surface area (Å²) in [6.07, 6.45) is 2.72. The summed E-state index contributed by atoms with van der Waals surface area (Å²) in [6.45, 7) is 13.8. The van der Waals surface area contributed by atoms with Crippen LogP contribution in [0.25, 0.3) is 0 Å². The molecular formula is C21H35N5O3. The second-order valence-corrected chi connectivity index (χ2v) is 8.31. The van der Waals surface area contributed by atoms with Gasteiger partial charge in [-0.2, -0.15) is 0 Å². The molecule has 4 unspecified atom stereocenters. The molecule has 162 valence electrons. The molecule has 2 aliphatic heterocycles. The van der Waals surface area contributed by atoms with E-state index in [1.807, 2.05) is 18.3 Å². The van der Waals surface area contributed by atoms with Crippen LogP contribution < -0.4 is 15.5 Å². The number of urea groups is 1. The highest BCUT2D eigenvalue weighted by Crippen LogP contribution is 2.18. The molecule has 2 N–H and O–H groups in total. The first-order chi connectivity index (χ1) is 13.9. The van der Waals surface area contributed by atoms with Gasteiger partial charge in [0.05, 0.1) is 24.4 Å². The van der Waals surface area contributed by atoms with Gasteiger partial charge in [0.1, 0.15) is 5.82 Å². The molecule has 0 radical (unpaired) electrons. The summed E-state index contributed by atoms with van der Waals surface area (Å²) >= 11 is 0. The lowest BCUT2D eigenvalue weighted by Gasteiger charge is -2.36. The van der Waals surface area contributed by atoms with Crippen LogP contribution in [0.2, 0.25) is 0 Å². The normalized spacial score (nSPS) is 28.2. The fourth-order valence-corrected chi connectivity index (χ4v) is 4.11. The first-order valence-corrected chi connectivity index (χ1v) is 10.6. The minimum atomic E-state index is -0.153. The number of carbonyl (C=O) groups is 1. The monoisotopic (exact) mass is 405 g/mol. The average molecular weight is 406 g/mol. The third-order valence-electron chi connectivity index (χ3n) is 5.21. The van der Waals surface area contributed by atoms with Crippen molar-refractivity contribution >= 4 is 11.8 Å². The standard InChI is InChI=1S/C21H35N5O3/c1-15-11-25(12-16(2)28-15)8-7-22-21(27)24-10-19-5-6-20(23-9-19)26-13-17(3)29-18(4)14-26/h5-6,9,15-18H,7-8,10-14H2,1-4H3,(H2,22,24,27). The van der Waals surface area contributed by atoms with Crippen molar-refractivity contribution in [1.29, 1.82) is 0 Å². The van der Waals surface area contributed by atoms with E-state index < -0.39 is 0 Å². The van der Waals surface area contributed by atoms with E-state index in [1.165, 1.54) is 0 Å². The van der Waals surface area contributed by atoms with Crippen LogP contribution in [0.1, 0.15) is 33.3 Å². The predicted octanol–water partition coefficient (Wildman–Crippen LogP) is 1.60. The van der Waals surface area contributed by atoms with E-state index in [9.17, 15) is 4.79 Å². The molecular weight excluding hydrogens is 370 g/mol. The summed E-state index contributed by atoms with van der Waals surface area (Å²) in [6, 6.07) is 3.88. The first-order valence-electron chi connectivity index (χ1n) is 10.6. The van der Waals surface area contributed by atoms with Gasteiger partial charge in [-0.15, -0.1) is 0 Å². The predicted molar refractivity (Wildman–Crippen MR) is 113 cm³/mol. The van der Waals surface area contributed by atoms with Gasteiger partial charge in [0.25, 0.3) is 0 Å². The molecule has 2 aliphatic rings. The molecule has 0 bridgehead atoms. The fourth-order valence-electron chi connectivity index (χ4n) is 4.11. The minimum Gasteiger partial charge on any atom is -0.373 e. The van der Waals surface area contributed by atoms with E-state index in [2.05, 4.69) is 53.1 Å². The topological polar surface area (TPSA) is 79.0 Å². The Labute approximate surface area is 173 Å². The van der Waals surface area contributed by atoms with E-state index in [-0.39, 0.29) is 30.4 Å². The van der Waals surface area contributed by atoms with Gasteiger partial charge >= 0.3 is 6.03 Å². The van der Waals surface area contributed by atoms with Crippen molar-refractivity contribution in [3.05, 3.63) is 23.9 Å². The van der Waals surface area contributed by atoms with Crippen LogP contribution in [-0.4, -0.2) is 79.6 Å². The Balaban J connectivity index is 1.37. The number of aromatic nitrogens is 1. The zero-order chi connectivity index (χ0) is 20.8. The van der Waals surface area contributed by atoms with Crippen molar-refractivity contribution in [3.63, 3.8) is 0 Å². The van der Waals surface area contributed by atoms with Gasteiger partial charge in [-0.25, -0.2) is 9.78 Å².